The van der Waals surface area contributed by atoms with Crippen LogP contribution in [0.2, 0.25) is 5.02 Å². The molecule has 0 radical (unpaired) electrons. The Hall–Kier alpha value is -3.20. The third-order valence-electron chi connectivity index (χ3n) is 4.42. The van der Waals surface area contributed by atoms with Gasteiger partial charge in [0.05, 0.1) is 26.9 Å². The van der Waals surface area contributed by atoms with Crippen molar-refractivity contribution in [1.29, 1.82) is 0 Å². The van der Waals surface area contributed by atoms with Crippen molar-refractivity contribution in [2.45, 2.75) is 4.90 Å². The molecule has 0 aromatic heterocycles. The van der Waals surface area contributed by atoms with Gasteiger partial charge in [-0.1, -0.05) is 41.9 Å². The van der Waals surface area contributed by atoms with E-state index in [1.807, 2.05) is 0 Å². The highest BCUT2D eigenvalue weighted by molar-refractivity contribution is 7.89. The fraction of sp³-hybridized carbons (Fsp3) is 0.0909. The first-order chi connectivity index (χ1) is 14.7. The van der Waals surface area contributed by atoms with Crippen LogP contribution < -0.4 is 10.6 Å². The van der Waals surface area contributed by atoms with Gasteiger partial charge in [0.2, 0.25) is 10.0 Å². The summed E-state index contributed by atoms with van der Waals surface area (Å²) in [6.45, 7) is 0. The summed E-state index contributed by atoms with van der Waals surface area (Å²) in [5.41, 5.74) is 1.19. The molecule has 0 heterocycles. The lowest BCUT2D eigenvalue weighted by Crippen LogP contribution is -2.23. The molecular weight excluding hydrogens is 438 g/mol. The lowest BCUT2D eigenvalue weighted by molar-refractivity contribution is 0.101. The Morgan fingerprint density at radius 1 is 0.806 bits per heavy atom. The second kappa shape index (κ2) is 9.30. The average molecular weight is 458 g/mol. The van der Waals surface area contributed by atoms with Crippen molar-refractivity contribution in [3.8, 4) is 0 Å². The highest BCUT2D eigenvalue weighted by Gasteiger charge is 2.21. The van der Waals surface area contributed by atoms with Crippen LogP contribution in [0, 0.1) is 0 Å². The molecule has 0 aliphatic rings. The minimum atomic E-state index is -3.74. The maximum absolute atomic E-state index is 12.9. The number of halogens is 1. The molecule has 3 rings (SSSR count). The Kier molecular flexibility index (Phi) is 6.74. The van der Waals surface area contributed by atoms with Crippen LogP contribution in [0.1, 0.15) is 20.7 Å². The van der Waals surface area contributed by atoms with Crippen LogP contribution in [0.15, 0.2) is 77.7 Å². The van der Waals surface area contributed by atoms with Crippen LogP contribution in [0.5, 0.6) is 0 Å². The van der Waals surface area contributed by atoms with Gasteiger partial charge in [-0.05, 0) is 42.5 Å². The maximum Gasteiger partial charge on any atom is 0.257 e. The molecule has 2 amide bonds. The van der Waals surface area contributed by atoms with Gasteiger partial charge in [-0.3, -0.25) is 9.59 Å². The van der Waals surface area contributed by atoms with E-state index in [0.717, 1.165) is 4.31 Å². The fourth-order valence-electron chi connectivity index (χ4n) is 2.72. The molecule has 3 aromatic rings. The zero-order valence-corrected chi connectivity index (χ0v) is 18.4. The first kappa shape index (κ1) is 22.5. The number of carbonyl (C=O) groups is 2. The normalized spacial score (nSPS) is 11.2. The number of hydrogen-bond donors (Lipinski definition) is 2. The van der Waals surface area contributed by atoms with Crippen molar-refractivity contribution < 1.29 is 18.0 Å². The van der Waals surface area contributed by atoms with E-state index in [2.05, 4.69) is 10.6 Å². The zero-order valence-electron chi connectivity index (χ0n) is 16.8. The van der Waals surface area contributed by atoms with E-state index in [1.165, 1.54) is 32.3 Å². The van der Waals surface area contributed by atoms with Gasteiger partial charge in [0, 0.05) is 19.7 Å². The third kappa shape index (κ3) is 5.11. The van der Waals surface area contributed by atoms with Crippen LogP contribution >= 0.6 is 11.6 Å². The Balaban J connectivity index is 1.87. The second-order valence-corrected chi connectivity index (χ2v) is 9.31. The topological polar surface area (TPSA) is 95.6 Å². The molecule has 0 saturated heterocycles. The van der Waals surface area contributed by atoms with Gasteiger partial charge in [0.15, 0.2) is 0 Å². The number of para-hydroxylation sites is 2. The quantitative estimate of drug-likeness (QED) is 0.582. The van der Waals surface area contributed by atoms with Crippen molar-refractivity contribution in [3.63, 3.8) is 0 Å². The summed E-state index contributed by atoms with van der Waals surface area (Å²) in [4.78, 5) is 25.3. The van der Waals surface area contributed by atoms with Gasteiger partial charge in [-0.2, -0.15) is 0 Å². The van der Waals surface area contributed by atoms with E-state index in [-0.39, 0.29) is 21.4 Å². The van der Waals surface area contributed by atoms with E-state index in [0.29, 0.717) is 16.9 Å². The van der Waals surface area contributed by atoms with Gasteiger partial charge in [0.1, 0.15) is 0 Å². The van der Waals surface area contributed by atoms with Crippen LogP contribution in [-0.2, 0) is 10.0 Å². The van der Waals surface area contributed by atoms with Crippen molar-refractivity contribution in [3.05, 3.63) is 88.9 Å². The molecule has 0 aliphatic heterocycles. The predicted octanol–water partition coefficient (Wildman–Crippen LogP) is 4.09. The molecule has 9 heteroatoms. The van der Waals surface area contributed by atoms with E-state index in [9.17, 15) is 18.0 Å². The van der Waals surface area contributed by atoms with E-state index < -0.39 is 15.9 Å². The molecule has 0 unspecified atom stereocenters. The number of benzene rings is 3. The lowest BCUT2D eigenvalue weighted by atomic mass is 10.2. The van der Waals surface area contributed by atoms with Gasteiger partial charge in [0.25, 0.3) is 11.8 Å². The molecule has 7 nitrogen and oxygen atoms in total. The fourth-order valence-corrected chi connectivity index (χ4v) is 3.86. The molecule has 160 valence electrons. The summed E-state index contributed by atoms with van der Waals surface area (Å²) in [5.74, 6) is -0.943. The van der Waals surface area contributed by atoms with Crippen molar-refractivity contribution >= 4 is 44.8 Å². The standard InChI is InChI=1S/C22H20ClN3O4S/c1-26(2)31(29,30)16-12-13-18(23)17(14-16)22(28)25-20-11-7-6-10-19(20)24-21(27)15-8-4-3-5-9-15/h3-14H,1-2H3,(H,24,27)(H,25,28). The number of rotatable bonds is 6. The zero-order chi connectivity index (χ0) is 22.6. The number of hydrogen-bond acceptors (Lipinski definition) is 4. The first-order valence-corrected chi connectivity index (χ1v) is 11.0. The minimum absolute atomic E-state index is 0.00576. The predicted molar refractivity (Wildman–Crippen MR) is 121 cm³/mol. The lowest BCUT2D eigenvalue weighted by Gasteiger charge is -2.15. The van der Waals surface area contributed by atoms with Crippen LogP contribution in [0.4, 0.5) is 11.4 Å². The van der Waals surface area contributed by atoms with Crippen LogP contribution in [-0.4, -0.2) is 38.6 Å². The molecule has 0 spiro atoms. The monoisotopic (exact) mass is 457 g/mol. The summed E-state index contributed by atoms with van der Waals surface area (Å²) in [5, 5.41) is 5.54. The maximum atomic E-state index is 12.9. The minimum Gasteiger partial charge on any atom is -0.320 e. The summed E-state index contributed by atoms with van der Waals surface area (Å²) in [6.07, 6.45) is 0. The summed E-state index contributed by atoms with van der Waals surface area (Å²) in [6, 6.07) is 19.2. The molecule has 2 N–H and O–H groups in total. The molecule has 3 aromatic carbocycles. The van der Waals surface area contributed by atoms with E-state index in [1.54, 1.807) is 54.6 Å². The number of nitrogens with zero attached hydrogens (tertiary/aromatic N) is 1. The molecule has 0 fully saturated rings. The molecule has 31 heavy (non-hydrogen) atoms. The summed E-state index contributed by atoms with van der Waals surface area (Å²) < 4.78 is 25.8. The largest absolute Gasteiger partial charge is 0.320 e. The number of amides is 2. The third-order valence-corrected chi connectivity index (χ3v) is 6.56. The highest BCUT2D eigenvalue weighted by Crippen LogP contribution is 2.26. The molecule has 0 atom stereocenters. The Bertz CT molecular complexity index is 1230. The van der Waals surface area contributed by atoms with Crippen molar-refractivity contribution in [2.75, 3.05) is 24.7 Å². The summed E-state index contributed by atoms with van der Waals surface area (Å²) in [7, 11) is -0.943. The van der Waals surface area contributed by atoms with E-state index in [4.69, 9.17) is 11.6 Å². The molecular formula is C22H20ClN3O4S. The van der Waals surface area contributed by atoms with Gasteiger partial charge >= 0.3 is 0 Å². The Morgan fingerprint density at radius 3 is 1.94 bits per heavy atom. The van der Waals surface area contributed by atoms with Crippen molar-refractivity contribution in [2.24, 2.45) is 0 Å². The van der Waals surface area contributed by atoms with Gasteiger partial charge in [-0.15, -0.1) is 0 Å². The van der Waals surface area contributed by atoms with Crippen LogP contribution in [0.3, 0.4) is 0 Å². The second-order valence-electron chi connectivity index (χ2n) is 6.75. The molecule has 0 bridgehead atoms. The molecule has 0 aliphatic carbocycles. The smallest absolute Gasteiger partial charge is 0.257 e. The highest BCUT2D eigenvalue weighted by atomic mass is 35.5. The first-order valence-electron chi connectivity index (χ1n) is 9.19. The average Bonchev–Trinajstić information content (AvgIpc) is 2.75. The van der Waals surface area contributed by atoms with Crippen LogP contribution in [0.25, 0.3) is 0 Å². The SMILES string of the molecule is CN(C)S(=O)(=O)c1ccc(Cl)c(C(=O)Nc2ccccc2NC(=O)c2ccccc2)c1. The van der Waals surface area contributed by atoms with Crippen molar-refractivity contribution in [1.82, 2.24) is 4.31 Å². The molecule has 0 saturated carbocycles. The number of nitrogens with one attached hydrogen (secondary N) is 2. The number of carbonyl (C=O) groups excluding carboxylic acids is 2. The van der Waals surface area contributed by atoms with E-state index >= 15 is 0 Å². The summed E-state index contributed by atoms with van der Waals surface area (Å²) >= 11 is 6.15. The van der Waals surface area contributed by atoms with Gasteiger partial charge < -0.3 is 10.6 Å². The number of sulfonamides is 1. The number of anilines is 2. The Labute approximate surface area is 185 Å². The Morgan fingerprint density at radius 2 is 1.35 bits per heavy atom. The van der Waals surface area contributed by atoms with Gasteiger partial charge in [-0.25, -0.2) is 12.7 Å².